The van der Waals surface area contributed by atoms with Gasteiger partial charge in [-0.15, -0.1) is 0 Å². The van der Waals surface area contributed by atoms with Crippen LogP contribution in [0.25, 0.3) is 0 Å². The van der Waals surface area contributed by atoms with E-state index in [1.54, 1.807) is 0 Å². The van der Waals surface area contributed by atoms with Gasteiger partial charge in [0.25, 0.3) is 0 Å². The Labute approximate surface area is 179 Å². The number of nitrogens with one attached hydrogen (secondary N) is 2. The maximum absolute atomic E-state index is 4.40. The molecule has 1 aromatic carbocycles. The summed E-state index contributed by atoms with van der Waals surface area (Å²) in [7, 11) is 1.85. The molecule has 5 heteroatoms. The summed E-state index contributed by atoms with van der Waals surface area (Å²) in [5, 5.41) is 6.99. The third kappa shape index (κ3) is 7.98. The van der Waals surface area contributed by atoms with Gasteiger partial charge in [-0.25, -0.2) is 0 Å². The maximum atomic E-state index is 4.40. The molecule has 1 aliphatic heterocycles. The van der Waals surface area contributed by atoms with Crippen molar-refractivity contribution < 1.29 is 0 Å². The minimum absolute atomic E-state index is 0.0600. The summed E-state index contributed by atoms with van der Waals surface area (Å²) in [6, 6.07) is 9.01. The Morgan fingerprint density at radius 1 is 0.966 bits per heavy atom. The van der Waals surface area contributed by atoms with E-state index in [9.17, 15) is 0 Å². The molecule has 1 fully saturated rings. The van der Waals surface area contributed by atoms with Crippen molar-refractivity contribution in [2.24, 2.45) is 4.99 Å². The lowest BCUT2D eigenvalue weighted by Gasteiger charge is -2.34. The number of piperazine rings is 1. The normalized spacial score (nSPS) is 16.8. The number of unbranched alkanes of at least 4 members (excludes halogenated alkanes) is 1. The molecule has 0 aliphatic carbocycles. The number of nitrogens with zero attached hydrogens (tertiary/aromatic N) is 3. The van der Waals surface area contributed by atoms with Crippen molar-refractivity contribution >= 4 is 5.96 Å². The van der Waals surface area contributed by atoms with Gasteiger partial charge in [0.15, 0.2) is 5.96 Å². The van der Waals surface area contributed by atoms with Crippen molar-refractivity contribution in [1.82, 2.24) is 20.4 Å². The largest absolute Gasteiger partial charge is 0.356 e. The van der Waals surface area contributed by atoms with Gasteiger partial charge in [0.2, 0.25) is 0 Å². The summed E-state index contributed by atoms with van der Waals surface area (Å²) in [5.41, 5.74) is 2.81. The molecule has 0 bridgehead atoms. The van der Waals surface area contributed by atoms with E-state index in [4.69, 9.17) is 0 Å². The van der Waals surface area contributed by atoms with Crippen LogP contribution in [0.15, 0.2) is 29.3 Å². The molecule has 2 rings (SSSR count). The first-order valence-electron chi connectivity index (χ1n) is 11.5. The quantitative estimate of drug-likeness (QED) is 0.359. The zero-order chi connectivity index (χ0) is 21.1. The van der Waals surface area contributed by atoms with E-state index in [1.807, 2.05) is 7.05 Å². The first kappa shape index (κ1) is 23.7. The Kier molecular flexibility index (Phi) is 9.95. The average molecular weight is 402 g/mol. The van der Waals surface area contributed by atoms with Crippen molar-refractivity contribution in [3.8, 4) is 0 Å². The molecule has 1 heterocycles. The molecule has 0 saturated carbocycles. The van der Waals surface area contributed by atoms with Crippen LogP contribution in [-0.4, -0.2) is 75.2 Å². The zero-order valence-electron chi connectivity index (χ0n) is 19.4. The molecule has 0 spiro atoms. The van der Waals surface area contributed by atoms with E-state index < -0.39 is 0 Å². The number of benzene rings is 1. The molecule has 2 N–H and O–H groups in total. The summed E-state index contributed by atoms with van der Waals surface area (Å²) in [6.07, 6.45) is 3.51. The van der Waals surface area contributed by atoms with Crippen LogP contribution in [0.3, 0.4) is 0 Å². The van der Waals surface area contributed by atoms with E-state index in [2.05, 4.69) is 77.4 Å². The fraction of sp³-hybridized carbons (Fsp3) is 0.708. The van der Waals surface area contributed by atoms with Gasteiger partial charge in [-0.1, -0.05) is 52.0 Å². The van der Waals surface area contributed by atoms with Crippen LogP contribution in [0.2, 0.25) is 0 Å². The van der Waals surface area contributed by atoms with Crippen molar-refractivity contribution in [3.05, 3.63) is 35.4 Å². The van der Waals surface area contributed by atoms with E-state index in [1.165, 1.54) is 63.2 Å². The molecular formula is C24H43N5. The molecule has 164 valence electrons. The molecule has 0 unspecified atom stereocenters. The zero-order valence-corrected chi connectivity index (χ0v) is 19.4. The molecule has 0 atom stereocenters. The number of aliphatic imine (C=N–C) groups is 1. The van der Waals surface area contributed by atoms with Crippen LogP contribution in [0.4, 0.5) is 0 Å². The number of aryl methyl sites for hydroxylation is 1. The lowest BCUT2D eigenvalue weighted by atomic mass is 9.84. The van der Waals surface area contributed by atoms with E-state index in [0.717, 1.165) is 25.5 Å². The Morgan fingerprint density at radius 3 is 2.21 bits per heavy atom. The standard InChI is InChI=1S/C24H43N5/c1-6-21-10-12-22(13-11-21)24(3,4)20-27-23(25-5)26-14-8-9-15-29-18-16-28(7-2)17-19-29/h10-13H,6-9,14-20H2,1-5H3,(H2,25,26,27). The number of likely N-dealkylation sites (N-methyl/N-ethyl adjacent to an activating group) is 1. The first-order chi connectivity index (χ1) is 14.0. The molecule has 29 heavy (non-hydrogen) atoms. The highest BCUT2D eigenvalue weighted by atomic mass is 15.3. The molecule has 1 aliphatic rings. The smallest absolute Gasteiger partial charge is 0.191 e. The summed E-state index contributed by atoms with van der Waals surface area (Å²) in [5.74, 6) is 0.903. The van der Waals surface area contributed by atoms with E-state index in [0.29, 0.717) is 0 Å². The van der Waals surface area contributed by atoms with Gasteiger partial charge in [0.1, 0.15) is 0 Å². The Hall–Kier alpha value is -1.59. The monoisotopic (exact) mass is 401 g/mol. The number of hydrogen-bond donors (Lipinski definition) is 2. The van der Waals surface area contributed by atoms with E-state index >= 15 is 0 Å². The maximum Gasteiger partial charge on any atom is 0.191 e. The molecule has 0 radical (unpaired) electrons. The summed E-state index contributed by atoms with van der Waals surface area (Å²) in [6.45, 7) is 18.1. The number of guanidine groups is 1. The Balaban J connectivity index is 1.64. The van der Waals surface area contributed by atoms with Crippen LogP contribution in [0.5, 0.6) is 0 Å². The van der Waals surface area contributed by atoms with Gasteiger partial charge in [0.05, 0.1) is 0 Å². The highest BCUT2D eigenvalue weighted by Crippen LogP contribution is 2.22. The summed E-state index contributed by atoms with van der Waals surface area (Å²) < 4.78 is 0. The lowest BCUT2D eigenvalue weighted by molar-refractivity contribution is 0.136. The van der Waals surface area contributed by atoms with Gasteiger partial charge in [0, 0.05) is 51.7 Å². The van der Waals surface area contributed by atoms with Crippen molar-refractivity contribution in [2.45, 2.75) is 52.4 Å². The minimum Gasteiger partial charge on any atom is -0.356 e. The third-order valence-electron chi connectivity index (χ3n) is 6.17. The van der Waals surface area contributed by atoms with Gasteiger partial charge in [-0.2, -0.15) is 0 Å². The molecule has 5 nitrogen and oxygen atoms in total. The molecule has 0 amide bonds. The minimum atomic E-state index is 0.0600. The van der Waals surface area contributed by atoms with Crippen LogP contribution in [-0.2, 0) is 11.8 Å². The predicted octanol–water partition coefficient (Wildman–Crippen LogP) is 3.11. The fourth-order valence-electron chi connectivity index (χ4n) is 3.82. The van der Waals surface area contributed by atoms with Gasteiger partial charge in [-0.3, -0.25) is 4.99 Å². The van der Waals surface area contributed by atoms with Gasteiger partial charge < -0.3 is 20.4 Å². The summed E-state index contributed by atoms with van der Waals surface area (Å²) >= 11 is 0. The van der Waals surface area contributed by atoms with Crippen molar-refractivity contribution in [3.63, 3.8) is 0 Å². The topological polar surface area (TPSA) is 42.9 Å². The second-order valence-electron chi connectivity index (χ2n) is 8.77. The molecular weight excluding hydrogens is 358 g/mol. The van der Waals surface area contributed by atoms with Crippen LogP contribution >= 0.6 is 0 Å². The predicted molar refractivity (Wildman–Crippen MR) is 126 cm³/mol. The van der Waals surface area contributed by atoms with Crippen LogP contribution in [0.1, 0.15) is 51.7 Å². The second-order valence-corrected chi connectivity index (χ2v) is 8.77. The van der Waals surface area contributed by atoms with Crippen molar-refractivity contribution in [2.75, 3.05) is 59.4 Å². The number of hydrogen-bond acceptors (Lipinski definition) is 3. The molecule has 1 saturated heterocycles. The third-order valence-corrected chi connectivity index (χ3v) is 6.17. The summed E-state index contributed by atoms with van der Waals surface area (Å²) in [4.78, 5) is 9.53. The van der Waals surface area contributed by atoms with Gasteiger partial charge >= 0.3 is 0 Å². The highest BCUT2D eigenvalue weighted by Gasteiger charge is 2.21. The Morgan fingerprint density at radius 2 is 1.62 bits per heavy atom. The van der Waals surface area contributed by atoms with Crippen LogP contribution in [0, 0.1) is 0 Å². The van der Waals surface area contributed by atoms with E-state index in [-0.39, 0.29) is 5.41 Å². The SMILES string of the molecule is CCc1ccc(C(C)(C)CNC(=NC)NCCCCN2CCN(CC)CC2)cc1. The lowest BCUT2D eigenvalue weighted by Crippen LogP contribution is -2.46. The average Bonchev–Trinajstić information content (AvgIpc) is 2.76. The van der Waals surface area contributed by atoms with Crippen LogP contribution < -0.4 is 10.6 Å². The van der Waals surface area contributed by atoms with Gasteiger partial charge in [-0.05, 0) is 43.5 Å². The highest BCUT2D eigenvalue weighted by molar-refractivity contribution is 5.79. The molecule has 1 aromatic rings. The van der Waals surface area contributed by atoms with Crippen molar-refractivity contribution in [1.29, 1.82) is 0 Å². The number of rotatable bonds is 10. The Bertz CT molecular complexity index is 600. The first-order valence-corrected chi connectivity index (χ1v) is 11.5. The fourth-order valence-corrected chi connectivity index (χ4v) is 3.82. The molecule has 0 aromatic heterocycles. The second kappa shape index (κ2) is 12.2.